The van der Waals surface area contributed by atoms with Crippen LogP contribution in [0.2, 0.25) is 0 Å². The Hall–Kier alpha value is -2.36. The molecule has 1 unspecified atom stereocenters. The molecule has 1 aromatic carbocycles. The number of carbonyl (C=O) groups excluding carboxylic acids is 1. The van der Waals surface area contributed by atoms with Crippen molar-refractivity contribution in [2.75, 3.05) is 11.4 Å². The van der Waals surface area contributed by atoms with E-state index in [1.54, 1.807) is 18.0 Å². The van der Waals surface area contributed by atoms with Gasteiger partial charge in [0, 0.05) is 12.7 Å². The molecule has 2 aromatic rings. The second-order valence-electron chi connectivity index (χ2n) is 5.14. The van der Waals surface area contributed by atoms with Crippen LogP contribution in [0.5, 0.6) is 5.75 Å². The first-order valence-electron chi connectivity index (χ1n) is 7.22. The minimum atomic E-state index is -0.515. The van der Waals surface area contributed by atoms with Gasteiger partial charge in [-0.2, -0.15) is 0 Å². The van der Waals surface area contributed by atoms with Crippen LogP contribution in [0.3, 0.4) is 0 Å². The number of nitrogens with zero attached hydrogens (tertiary/aromatic N) is 2. The highest BCUT2D eigenvalue weighted by molar-refractivity contribution is 5.97. The van der Waals surface area contributed by atoms with Crippen LogP contribution in [-0.2, 0) is 11.2 Å². The summed E-state index contributed by atoms with van der Waals surface area (Å²) in [5.74, 6) is 0.689. The number of hydrogen-bond donors (Lipinski definition) is 0. The monoisotopic (exact) mass is 282 g/mol. The fraction of sp³-hybridized carbons (Fsp3) is 0.294. The van der Waals surface area contributed by atoms with Crippen molar-refractivity contribution in [2.45, 2.75) is 25.9 Å². The van der Waals surface area contributed by atoms with Gasteiger partial charge in [-0.15, -0.1) is 0 Å². The van der Waals surface area contributed by atoms with Gasteiger partial charge in [0.25, 0.3) is 5.91 Å². The number of pyridine rings is 1. The van der Waals surface area contributed by atoms with Gasteiger partial charge >= 0.3 is 0 Å². The lowest BCUT2D eigenvalue weighted by molar-refractivity contribution is -0.124. The smallest absolute Gasteiger partial charge is 0.267 e. The molecule has 0 aliphatic carbocycles. The highest BCUT2D eigenvalue weighted by Crippen LogP contribution is 2.26. The number of aromatic nitrogens is 1. The van der Waals surface area contributed by atoms with E-state index in [4.69, 9.17) is 4.74 Å². The van der Waals surface area contributed by atoms with Crippen LogP contribution < -0.4 is 9.64 Å². The summed E-state index contributed by atoms with van der Waals surface area (Å²) in [6.07, 6.45) is 3.12. The van der Waals surface area contributed by atoms with Crippen LogP contribution in [0, 0.1) is 0 Å². The second-order valence-corrected chi connectivity index (χ2v) is 5.14. The van der Waals surface area contributed by atoms with Crippen molar-refractivity contribution >= 4 is 11.6 Å². The molecule has 0 saturated heterocycles. The molecule has 3 rings (SSSR count). The Morgan fingerprint density at radius 1 is 1.24 bits per heavy atom. The van der Waals surface area contributed by atoms with Gasteiger partial charge in [-0.3, -0.25) is 9.78 Å². The van der Waals surface area contributed by atoms with Crippen LogP contribution in [0.1, 0.15) is 19.0 Å². The first-order valence-corrected chi connectivity index (χ1v) is 7.22. The molecule has 1 atom stereocenters. The number of para-hydroxylation sites is 1. The van der Waals surface area contributed by atoms with E-state index in [-0.39, 0.29) is 5.91 Å². The number of hydrogen-bond acceptors (Lipinski definition) is 3. The van der Waals surface area contributed by atoms with Gasteiger partial charge < -0.3 is 9.64 Å². The Balaban J connectivity index is 1.77. The van der Waals surface area contributed by atoms with E-state index >= 15 is 0 Å². The van der Waals surface area contributed by atoms with Crippen molar-refractivity contribution in [3.8, 4) is 5.75 Å². The van der Waals surface area contributed by atoms with Gasteiger partial charge in [-0.1, -0.05) is 18.2 Å². The van der Waals surface area contributed by atoms with Crippen molar-refractivity contribution in [1.82, 2.24) is 4.98 Å². The number of ether oxygens (including phenoxy) is 1. The maximum Gasteiger partial charge on any atom is 0.267 e. The van der Waals surface area contributed by atoms with Crippen molar-refractivity contribution in [1.29, 1.82) is 0 Å². The molecular formula is C17H18N2O2. The molecule has 0 bridgehead atoms. The van der Waals surface area contributed by atoms with E-state index in [9.17, 15) is 4.79 Å². The Kier molecular flexibility index (Phi) is 3.86. The fourth-order valence-corrected chi connectivity index (χ4v) is 2.59. The summed E-state index contributed by atoms with van der Waals surface area (Å²) in [5, 5.41) is 0. The molecule has 1 aromatic heterocycles. The van der Waals surface area contributed by atoms with E-state index in [0.717, 1.165) is 30.8 Å². The predicted octanol–water partition coefficient (Wildman–Crippen LogP) is 2.83. The molecule has 0 spiro atoms. The molecule has 0 N–H and O–H groups in total. The lowest BCUT2D eigenvalue weighted by Gasteiger charge is -2.30. The Bertz CT molecular complexity index is 628. The lowest BCUT2D eigenvalue weighted by atomic mass is 10.1. The van der Waals surface area contributed by atoms with Crippen LogP contribution in [0.15, 0.2) is 48.7 Å². The summed E-state index contributed by atoms with van der Waals surface area (Å²) >= 11 is 0. The topological polar surface area (TPSA) is 42.4 Å². The summed E-state index contributed by atoms with van der Waals surface area (Å²) in [4.78, 5) is 18.8. The molecule has 1 aliphatic heterocycles. The Morgan fingerprint density at radius 2 is 2.05 bits per heavy atom. The fourth-order valence-electron chi connectivity index (χ4n) is 2.59. The van der Waals surface area contributed by atoms with Gasteiger partial charge in [-0.05, 0) is 44.0 Å². The summed E-state index contributed by atoms with van der Waals surface area (Å²) in [6.45, 7) is 2.51. The summed E-state index contributed by atoms with van der Waals surface area (Å²) in [7, 11) is 0. The van der Waals surface area contributed by atoms with Crippen LogP contribution in [0.4, 0.5) is 5.69 Å². The molecule has 2 heterocycles. The summed E-state index contributed by atoms with van der Waals surface area (Å²) in [5.41, 5.74) is 1.90. The van der Waals surface area contributed by atoms with E-state index in [0.29, 0.717) is 5.75 Å². The number of carbonyl (C=O) groups is 1. The van der Waals surface area contributed by atoms with E-state index in [1.807, 2.05) is 42.5 Å². The van der Waals surface area contributed by atoms with Crippen molar-refractivity contribution in [3.63, 3.8) is 0 Å². The van der Waals surface area contributed by atoms with E-state index in [2.05, 4.69) is 4.98 Å². The summed E-state index contributed by atoms with van der Waals surface area (Å²) in [6, 6.07) is 13.2. The maximum absolute atomic E-state index is 12.6. The molecule has 0 saturated carbocycles. The third kappa shape index (κ3) is 2.89. The van der Waals surface area contributed by atoms with Crippen LogP contribution in [0.25, 0.3) is 0 Å². The zero-order valence-corrected chi connectivity index (χ0v) is 12.0. The van der Waals surface area contributed by atoms with Crippen molar-refractivity contribution < 1.29 is 9.53 Å². The predicted molar refractivity (Wildman–Crippen MR) is 81.4 cm³/mol. The molecule has 21 heavy (non-hydrogen) atoms. The number of rotatable bonds is 3. The van der Waals surface area contributed by atoms with Crippen molar-refractivity contribution in [3.05, 3.63) is 54.4 Å². The zero-order chi connectivity index (χ0) is 14.7. The van der Waals surface area contributed by atoms with Crippen LogP contribution in [-0.4, -0.2) is 23.5 Å². The van der Waals surface area contributed by atoms with Gasteiger partial charge in [0.1, 0.15) is 5.75 Å². The van der Waals surface area contributed by atoms with Gasteiger partial charge in [0.05, 0.1) is 11.4 Å². The standard InChI is InChI=1S/C17H18N2O2/c1-13(21-14-7-3-2-4-8-14)17(20)19-12-6-9-15-16(19)10-5-11-18-15/h2-5,7-8,10-11,13H,6,9,12H2,1H3. The molecule has 1 aliphatic rings. The SMILES string of the molecule is CC(Oc1ccccc1)C(=O)N1CCCc2ncccc21. The highest BCUT2D eigenvalue weighted by atomic mass is 16.5. The number of benzene rings is 1. The highest BCUT2D eigenvalue weighted by Gasteiger charge is 2.27. The number of anilines is 1. The molecular weight excluding hydrogens is 264 g/mol. The molecule has 0 radical (unpaired) electrons. The molecule has 0 fully saturated rings. The van der Waals surface area contributed by atoms with Crippen molar-refractivity contribution in [2.24, 2.45) is 0 Å². The number of amides is 1. The third-order valence-corrected chi connectivity index (χ3v) is 3.62. The maximum atomic E-state index is 12.6. The third-order valence-electron chi connectivity index (χ3n) is 3.62. The summed E-state index contributed by atoms with van der Waals surface area (Å²) < 4.78 is 5.73. The quantitative estimate of drug-likeness (QED) is 0.869. The average Bonchev–Trinajstić information content (AvgIpc) is 2.54. The number of aryl methyl sites for hydroxylation is 1. The Labute approximate surface area is 124 Å². The minimum Gasteiger partial charge on any atom is -0.481 e. The largest absolute Gasteiger partial charge is 0.481 e. The Morgan fingerprint density at radius 3 is 2.86 bits per heavy atom. The first-order chi connectivity index (χ1) is 10.3. The lowest BCUT2D eigenvalue weighted by Crippen LogP contribution is -2.43. The molecule has 1 amide bonds. The molecule has 4 heteroatoms. The first kappa shape index (κ1) is 13.6. The number of fused-ring (bicyclic) bond motifs is 1. The molecule has 108 valence electrons. The van der Waals surface area contributed by atoms with Crippen LogP contribution >= 0.6 is 0 Å². The average molecular weight is 282 g/mol. The minimum absolute atomic E-state index is 0.0206. The zero-order valence-electron chi connectivity index (χ0n) is 12.0. The molecule has 4 nitrogen and oxygen atoms in total. The van der Waals surface area contributed by atoms with E-state index < -0.39 is 6.10 Å². The van der Waals surface area contributed by atoms with Gasteiger partial charge in [0.2, 0.25) is 0 Å². The second kappa shape index (κ2) is 5.95. The van der Waals surface area contributed by atoms with Gasteiger partial charge in [-0.25, -0.2) is 0 Å². The normalized spacial score (nSPS) is 15.2. The van der Waals surface area contributed by atoms with Gasteiger partial charge in [0.15, 0.2) is 6.10 Å². The van der Waals surface area contributed by atoms with E-state index in [1.165, 1.54) is 0 Å².